The maximum absolute atomic E-state index is 14.7. The van der Waals surface area contributed by atoms with Crippen molar-refractivity contribution >= 4 is 47.4 Å². The SMILES string of the molecule is CCC(C)[C@@H](C(CC(=O)N1CCCC1C(OC)C(C)C(=O)N[C@@H](Cc1ccccc1)C(=O)OCc1ccccc1)OC)N(C)C(=O)[C@@H](NC(=O)C(C(C)C)N(C)CCCCCC(=O)ON1C(=O)CCC1=O)C(C)C. The highest BCUT2D eigenvalue weighted by molar-refractivity contribution is 6.01. The fourth-order valence-electron chi connectivity index (χ4n) is 10.2. The van der Waals surface area contributed by atoms with Crippen LogP contribution in [0.2, 0.25) is 0 Å². The highest BCUT2D eigenvalue weighted by Crippen LogP contribution is 2.30. The van der Waals surface area contributed by atoms with Crippen molar-refractivity contribution < 1.29 is 57.4 Å². The van der Waals surface area contributed by atoms with Crippen LogP contribution in [0, 0.1) is 23.7 Å². The molecular formula is C56H84N6O12. The van der Waals surface area contributed by atoms with E-state index in [4.69, 9.17) is 19.0 Å². The van der Waals surface area contributed by atoms with Gasteiger partial charge in [0, 0.05) is 53.5 Å². The number of amides is 6. The van der Waals surface area contributed by atoms with Gasteiger partial charge >= 0.3 is 11.9 Å². The summed E-state index contributed by atoms with van der Waals surface area (Å²) in [5.41, 5.74) is 1.67. The van der Waals surface area contributed by atoms with Gasteiger partial charge in [-0.25, -0.2) is 9.59 Å². The van der Waals surface area contributed by atoms with E-state index in [0.29, 0.717) is 56.7 Å². The molecule has 2 heterocycles. The lowest BCUT2D eigenvalue weighted by atomic mass is 9.89. The Morgan fingerprint density at radius 3 is 1.96 bits per heavy atom. The molecule has 2 aliphatic rings. The topological polar surface area (TPSA) is 210 Å². The highest BCUT2D eigenvalue weighted by atomic mass is 16.7. The van der Waals surface area contributed by atoms with Gasteiger partial charge in [0.1, 0.15) is 18.7 Å². The zero-order valence-electron chi connectivity index (χ0n) is 45.7. The van der Waals surface area contributed by atoms with Crippen LogP contribution in [-0.2, 0) is 70.4 Å². The third-order valence-electron chi connectivity index (χ3n) is 14.6. The third-order valence-corrected chi connectivity index (χ3v) is 14.6. The smallest absolute Gasteiger partial charge is 0.333 e. The van der Waals surface area contributed by atoms with E-state index in [0.717, 1.165) is 11.1 Å². The minimum absolute atomic E-state index is 0.0291. The highest BCUT2D eigenvalue weighted by Gasteiger charge is 2.44. The predicted molar refractivity (Wildman–Crippen MR) is 278 cm³/mol. The number of esters is 1. The summed E-state index contributed by atoms with van der Waals surface area (Å²) in [6.45, 7) is 14.4. The number of nitrogens with one attached hydrogen (secondary N) is 2. The van der Waals surface area contributed by atoms with E-state index >= 15 is 0 Å². The van der Waals surface area contributed by atoms with Gasteiger partial charge in [-0.15, -0.1) is 5.06 Å². The van der Waals surface area contributed by atoms with Gasteiger partial charge in [0.2, 0.25) is 23.6 Å². The number of rotatable bonds is 30. The standard InChI is InChI=1S/C56H84N6O12/c1-12-38(6)51(60(9)55(69)49(36(2)3)58-54(68)50(37(4)5)59(8)31-21-15-20-28-48(66)74-62-45(63)29-30-46(62)64)44(71-10)34-47(65)61-32-22-27-43(61)52(72-11)39(7)53(67)57-42(33-40-23-16-13-17-24-40)56(70)73-35-41-25-18-14-19-26-41/h13-14,16-19,23-26,36-39,42-44,49-52H,12,15,20-22,27-35H2,1-11H3,(H,57,67)(H,58,68)/t38?,39?,42-,43?,44?,49-,50?,51-,52?/m0/s1. The number of imide groups is 1. The number of unbranched alkanes of at least 4 members (excludes halogenated alkanes) is 2. The molecule has 410 valence electrons. The molecule has 6 amide bonds. The lowest BCUT2D eigenvalue weighted by molar-refractivity contribution is -0.197. The lowest BCUT2D eigenvalue weighted by Crippen LogP contribution is -2.60. The molecule has 2 N–H and O–H groups in total. The fourth-order valence-corrected chi connectivity index (χ4v) is 10.2. The van der Waals surface area contributed by atoms with E-state index < -0.39 is 78.0 Å². The molecule has 2 saturated heterocycles. The Labute approximate surface area is 438 Å². The summed E-state index contributed by atoms with van der Waals surface area (Å²) in [6.07, 6.45) is 2.54. The van der Waals surface area contributed by atoms with Gasteiger partial charge < -0.3 is 39.5 Å². The molecule has 4 rings (SSSR count). The van der Waals surface area contributed by atoms with Gasteiger partial charge in [0.15, 0.2) is 0 Å². The van der Waals surface area contributed by atoms with E-state index in [1.807, 2.05) is 114 Å². The molecule has 0 aliphatic carbocycles. The number of carbonyl (C=O) groups excluding carboxylic acids is 8. The number of hydrogen-bond acceptors (Lipinski definition) is 13. The lowest BCUT2D eigenvalue weighted by Gasteiger charge is -2.41. The zero-order valence-corrected chi connectivity index (χ0v) is 45.7. The summed E-state index contributed by atoms with van der Waals surface area (Å²) < 4.78 is 17.8. The van der Waals surface area contributed by atoms with E-state index in [1.54, 1.807) is 23.8 Å². The Bertz CT molecular complexity index is 2140. The predicted octanol–water partition coefficient (Wildman–Crippen LogP) is 5.64. The summed E-state index contributed by atoms with van der Waals surface area (Å²) in [7, 11) is 6.60. The quantitative estimate of drug-likeness (QED) is 0.0552. The van der Waals surface area contributed by atoms with Gasteiger partial charge in [-0.05, 0) is 68.2 Å². The first-order chi connectivity index (χ1) is 35.2. The summed E-state index contributed by atoms with van der Waals surface area (Å²) in [6, 6.07) is 15.3. The van der Waals surface area contributed by atoms with Crippen LogP contribution >= 0.6 is 0 Å². The van der Waals surface area contributed by atoms with Crippen molar-refractivity contribution in [3.8, 4) is 0 Å². The molecule has 2 fully saturated rings. The van der Waals surface area contributed by atoms with Crippen LogP contribution in [0.3, 0.4) is 0 Å². The number of benzene rings is 2. The Morgan fingerprint density at radius 2 is 1.39 bits per heavy atom. The summed E-state index contributed by atoms with van der Waals surface area (Å²) in [5, 5.41) is 6.57. The molecule has 0 aromatic heterocycles. The van der Waals surface area contributed by atoms with Crippen molar-refractivity contribution in [2.24, 2.45) is 23.7 Å². The number of hydroxylamine groups is 2. The molecule has 0 radical (unpaired) electrons. The van der Waals surface area contributed by atoms with E-state index in [2.05, 4.69) is 10.6 Å². The second-order valence-electron chi connectivity index (χ2n) is 20.7. The molecule has 6 unspecified atom stereocenters. The molecule has 2 aliphatic heterocycles. The number of hydrogen-bond donors (Lipinski definition) is 2. The minimum atomic E-state index is -0.976. The molecule has 2 aromatic rings. The molecule has 18 heteroatoms. The first kappa shape index (κ1) is 60.8. The first-order valence-electron chi connectivity index (χ1n) is 26.5. The van der Waals surface area contributed by atoms with E-state index in [-0.39, 0.29) is 74.2 Å². The number of methoxy groups -OCH3 is 2. The van der Waals surface area contributed by atoms with Crippen molar-refractivity contribution in [1.29, 1.82) is 0 Å². The van der Waals surface area contributed by atoms with Crippen molar-refractivity contribution in [1.82, 2.24) is 30.4 Å². The fraction of sp³-hybridized carbons (Fsp3) is 0.643. The van der Waals surface area contributed by atoms with Crippen molar-refractivity contribution in [3.05, 3.63) is 71.8 Å². The Morgan fingerprint density at radius 1 is 0.770 bits per heavy atom. The van der Waals surface area contributed by atoms with Gasteiger partial charge in [-0.1, -0.05) is 122 Å². The van der Waals surface area contributed by atoms with Crippen LogP contribution in [0.4, 0.5) is 0 Å². The summed E-state index contributed by atoms with van der Waals surface area (Å²) >= 11 is 0. The maximum atomic E-state index is 14.7. The Balaban J connectivity index is 1.41. The van der Waals surface area contributed by atoms with Crippen LogP contribution in [0.1, 0.15) is 124 Å². The second-order valence-corrected chi connectivity index (χ2v) is 20.7. The first-order valence-corrected chi connectivity index (χ1v) is 26.5. The van der Waals surface area contributed by atoms with Crippen LogP contribution in [-0.4, -0.2) is 151 Å². The number of ether oxygens (including phenoxy) is 3. The molecule has 2 aromatic carbocycles. The monoisotopic (exact) mass is 1030 g/mol. The van der Waals surface area contributed by atoms with Gasteiger partial charge in [0.05, 0.1) is 42.7 Å². The molecular weight excluding hydrogens is 949 g/mol. The average Bonchev–Trinajstić information content (AvgIpc) is 3.99. The minimum Gasteiger partial charge on any atom is -0.459 e. The van der Waals surface area contributed by atoms with Crippen LogP contribution < -0.4 is 10.6 Å². The number of nitrogens with zero attached hydrogens (tertiary/aromatic N) is 4. The molecule has 74 heavy (non-hydrogen) atoms. The van der Waals surface area contributed by atoms with Crippen LogP contribution in [0.25, 0.3) is 0 Å². The van der Waals surface area contributed by atoms with Crippen molar-refractivity contribution in [3.63, 3.8) is 0 Å². The Kier molecular flexibility index (Phi) is 24.7. The number of likely N-dealkylation sites (tertiary alicyclic amines) is 1. The van der Waals surface area contributed by atoms with Crippen molar-refractivity contribution in [2.75, 3.05) is 41.4 Å². The van der Waals surface area contributed by atoms with Crippen molar-refractivity contribution in [2.45, 2.75) is 168 Å². The second kappa shape index (κ2) is 30.0. The summed E-state index contributed by atoms with van der Waals surface area (Å²) in [5.74, 6) is -4.77. The Hall–Kier alpha value is -5.72. The van der Waals surface area contributed by atoms with E-state index in [1.165, 1.54) is 14.2 Å². The number of likely N-dealkylation sites (N-methyl/N-ethyl adjacent to an activating group) is 2. The normalized spacial score (nSPS) is 18.1. The number of carbonyl (C=O) groups is 8. The van der Waals surface area contributed by atoms with Gasteiger partial charge in [0.25, 0.3) is 11.8 Å². The molecule has 0 saturated carbocycles. The third kappa shape index (κ3) is 17.2. The average molecular weight is 1030 g/mol. The molecule has 0 spiro atoms. The molecule has 0 bridgehead atoms. The maximum Gasteiger partial charge on any atom is 0.333 e. The van der Waals surface area contributed by atoms with Crippen LogP contribution in [0.15, 0.2) is 60.7 Å². The van der Waals surface area contributed by atoms with Gasteiger partial charge in [-0.3, -0.25) is 33.7 Å². The molecule has 18 nitrogen and oxygen atoms in total. The van der Waals surface area contributed by atoms with Crippen LogP contribution in [0.5, 0.6) is 0 Å². The largest absolute Gasteiger partial charge is 0.459 e. The summed E-state index contributed by atoms with van der Waals surface area (Å²) in [4.78, 5) is 117. The van der Waals surface area contributed by atoms with Gasteiger partial charge in [-0.2, -0.15) is 0 Å². The van der Waals surface area contributed by atoms with E-state index in [9.17, 15) is 38.4 Å². The zero-order chi connectivity index (χ0) is 54.6. The molecule has 9 atom stereocenters.